The summed E-state index contributed by atoms with van der Waals surface area (Å²) < 4.78 is 0. The monoisotopic (exact) mass is 609 g/mol. The van der Waals surface area contributed by atoms with E-state index in [1.54, 1.807) is 32.0 Å². The van der Waals surface area contributed by atoms with Crippen molar-refractivity contribution in [1.82, 2.24) is 20.5 Å². The summed E-state index contributed by atoms with van der Waals surface area (Å²) in [5, 5.41) is 17.5. The van der Waals surface area contributed by atoms with E-state index in [0.717, 1.165) is 32.6 Å². The number of hydrogen-bond donors (Lipinski definition) is 5. The van der Waals surface area contributed by atoms with Crippen molar-refractivity contribution in [1.29, 1.82) is 0 Å². The van der Waals surface area contributed by atoms with E-state index in [1.165, 1.54) is 0 Å². The zero-order valence-electron chi connectivity index (χ0n) is 25.0. The number of nitrogens with zero attached hydrogens (tertiary/aromatic N) is 1. The maximum Gasteiger partial charge on any atom is 0.408 e. The Morgan fingerprint density at radius 2 is 1.86 bits per heavy atom. The molecule has 11 heteroatoms. The van der Waals surface area contributed by atoms with Crippen LogP contribution in [0.4, 0.5) is 4.79 Å². The van der Waals surface area contributed by atoms with Gasteiger partial charge in [-0.25, -0.2) is 4.79 Å². The van der Waals surface area contributed by atoms with Gasteiger partial charge in [-0.2, -0.15) is 0 Å². The van der Waals surface area contributed by atoms with E-state index in [2.05, 4.69) is 15.6 Å². The molecule has 2 aromatic carbocycles. The molecule has 10 nitrogen and oxygen atoms in total. The Morgan fingerprint density at radius 1 is 1.16 bits per heavy atom. The second-order valence-electron chi connectivity index (χ2n) is 11.8. The van der Waals surface area contributed by atoms with Gasteiger partial charge in [0.25, 0.3) is 0 Å². The second-order valence-corrected chi connectivity index (χ2v) is 12.2. The summed E-state index contributed by atoms with van der Waals surface area (Å²) in [6.07, 6.45) is 0.275. The molecule has 0 saturated heterocycles. The highest BCUT2D eigenvalue weighted by molar-refractivity contribution is 6.31. The maximum absolute atomic E-state index is 14.3. The highest BCUT2D eigenvalue weighted by Crippen LogP contribution is 2.36. The normalized spacial score (nSPS) is 19.0. The third-order valence-electron chi connectivity index (χ3n) is 8.90. The van der Waals surface area contributed by atoms with Gasteiger partial charge in [0.2, 0.25) is 17.7 Å². The predicted octanol–water partition coefficient (Wildman–Crippen LogP) is 4.53. The summed E-state index contributed by atoms with van der Waals surface area (Å²) in [6, 6.07) is 13.4. The Labute approximate surface area is 256 Å². The van der Waals surface area contributed by atoms with E-state index in [9.17, 15) is 24.3 Å². The van der Waals surface area contributed by atoms with Crippen LogP contribution in [0.1, 0.15) is 63.8 Å². The first kappa shape index (κ1) is 31.9. The molecule has 0 bridgehead atoms. The number of nitrogens with two attached hydrogens (primary N) is 1. The number of aryl methyl sites for hydroxylation is 1. The van der Waals surface area contributed by atoms with E-state index in [0.29, 0.717) is 17.9 Å². The smallest absolute Gasteiger partial charge is 0.408 e. The Morgan fingerprint density at radius 3 is 2.47 bits per heavy atom. The number of H-pyrrole nitrogens is 1. The number of benzene rings is 2. The fraction of sp³-hybridized carbons (Fsp3) is 0.438. The van der Waals surface area contributed by atoms with Gasteiger partial charge in [0, 0.05) is 34.6 Å². The molecule has 1 aliphatic carbocycles. The lowest BCUT2D eigenvalue weighted by atomic mass is 9.77. The average molecular weight is 610 g/mol. The van der Waals surface area contributed by atoms with Crippen LogP contribution in [-0.2, 0) is 33.8 Å². The molecule has 4 atom stereocenters. The molecule has 3 aromatic rings. The number of aromatic nitrogens is 1. The summed E-state index contributed by atoms with van der Waals surface area (Å²) in [7, 11) is 0. The van der Waals surface area contributed by atoms with Gasteiger partial charge in [-0.15, -0.1) is 0 Å². The topological polar surface area (TPSA) is 158 Å². The van der Waals surface area contributed by atoms with Crippen molar-refractivity contribution in [3.8, 4) is 0 Å². The summed E-state index contributed by atoms with van der Waals surface area (Å²) in [5.41, 5.74) is 6.18. The summed E-state index contributed by atoms with van der Waals surface area (Å²) in [6.45, 7) is 7.00. The summed E-state index contributed by atoms with van der Waals surface area (Å²) in [5.74, 6) is -2.20. The Kier molecular flexibility index (Phi) is 9.39. The number of rotatable bonds is 11. The lowest BCUT2D eigenvalue weighted by Gasteiger charge is -2.41. The first-order valence-corrected chi connectivity index (χ1v) is 15.0. The zero-order chi connectivity index (χ0) is 31.5. The third-order valence-corrected chi connectivity index (χ3v) is 9.14. The number of carboxylic acid groups (broad SMARTS) is 1. The van der Waals surface area contributed by atoms with E-state index in [-0.39, 0.29) is 31.7 Å². The lowest BCUT2D eigenvalue weighted by molar-refractivity contribution is -0.140. The number of nitrogens with one attached hydrogen (secondary N) is 3. The van der Waals surface area contributed by atoms with Crippen LogP contribution in [0.3, 0.4) is 0 Å². The van der Waals surface area contributed by atoms with E-state index >= 15 is 0 Å². The number of halogens is 1. The van der Waals surface area contributed by atoms with Crippen LogP contribution in [0.2, 0.25) is 5.02 Å². The molecule has 230 valence electrons. The third kappa shape index (κ3) is 6.49. The Bertz CT molecular complexity index is 1530. The van der Waals surface area contributed by atoms with Crippen LogP contribution in [0.15, 0.2) is 48.5 Å². The highest BCUT2D eigenvalue weighted by Gasteiger charge is 2.48. The standard InChI is InChI=1S/C32H40ClN5O5/c1-5-19(3)26(38(30(42)43)18-20-10-8-7-9-11-20)27(39)36-32(29(41)37-31(4,6-2)28(34)40)15-14-25-23(17-32)22-16-21(33)12-13-24(22)35-25/h7-13,16,19,26,35H,5-6,14-15,17-18H2,1-4H3,(H2,34,40)(H,36,39)(H,37,41)(H,42,43)/t19-,26-,31-,32+/m0/s1. The zero-order valence-corrected chi connectivity index (χ0v) is 25.8. The fourth-order valence-corrected chi connectivity index (χ4v) is 5.95. The van der Waals surface area contributed by atoms with Gasteiger partial charge >= 0.3 is 6.09 Å². The SMILES string of the molecule is CC[C@H](C)[C@@H](C(=O)N[C@]1(C(=O)N[C@@](C)(CC)C(N)=O)CCc2[nH]c3ccc(Cl)cc3c2C1)N(Cc1ccccc1)C(=O)O. The van der Waals surface area contributed by atoms with Crippen LogP contribution >= 0.6 is 11.6 Å². The quantitative estimate of drug-likeness (QED) is 0.216. The molecule has 0 unspecified atom stereocenters. The number of aromatic amines is 1. The molecule has 0 radical (unpaired) electrons. The van der Waals surface area contributed by atoms with Crippen LogP contribution in [0.25, 0.3) is 10.9 Å². The van der Waals surface area contributed by atoms with E-state index in [1.807, 2.05) is 44.2 Å². The molecule has 1 aliphatic rings. The largest absolute Gasteiger partial charge is 0.465 e. The number of primary amides is 1. The van der Waals surface area contributed by atoms with Crippen LogP contribution in [0, 0.1) is 5.92 Å². The molecule has 4 amide bonds. The van der Waals surface area contributed by atoms with Crippen LogP contribution < -0.4 is 16.4 Å². The van der Waals surface area contributed by atoms with Crippen LogP contribution in [0.5, 0.6) is 0 Å². The van der Waals surface area contributed by atoms with Gasteiger partial charge < -0.3 is 26.5 Å². The van der Waals surface area contributed by atoms with Gasteiger partial charge in [0.1, 0.15) is 17.1 Å². The van der Waals surface area contributed by atoms with Gasteiger partial charge in [0.15, 0.2) is 0 Å². The lowest BCUT2D eigenvalue weighted by Crippen LogP contribution is -2.68. The minimum absolute atomic E-state index is 0.00151. The molecule has 6 N–H and O–H groups in total. The minimum Gasteiger partial charge on any atom is -0.465 e. The van der Waals surface area contributed by atoms with Crippen molar-refractivity contribution in [2.75, 3.05) is 0 Å². The van der Waals surface area contributed by atoms with E-state index in [4.69, 9.17) is 17.3 Å². The van der Waals surface area contributed by atoms with Crippen LogP contribution in [-0.4, -0.2) is 55.9 Å². The number of hydrogen-bond acceptors (Lipinski definition) is 4. The first-order chi connectivity index (χ1) is 20.3. The Hall–Kier alpha value is -4.05. The molecule has 0 aliphatic heterocycles. The number of fused-ring (bicyclic) bond motifs is 3. The molecule has 43 heavy (non-hydrogen) atoms. The summed E-state index contributed by atoms with van der Waals surface area (Å²) in [4.78, 5) is 58.0. The van der Waals surface area contributed by atoms with Gasteiger partial charge in [-0.05, 0) is 61.4 Å². The number of carbonyl (C=O) groups is 4. The molecule has 1 aromatic heterocycles. The molecular weight excluding hydrogens is 570 g/mol. The predicted molar refractivity (Wildman–Crippen MR) is 165 cm³/mol. The molecular formula is C32H40ClN5O5. The summed E-state index contributed by atoms with van der Waals surface area (Å²) >= 11 is 6.32. The van der Waals surface area contributed by atoms with E-state index < -0.39 is 40.9 Å². The molecule has 4 rings (SSSR count). The van der Waals surface area contributed by atoms with Crippen molar-refractivity contribution < 1.29 is 24.3 Å². The second kappa shape index (κ2) is 12.7. The van der Waals surface area contributed by atoms with Crippen molar-refractivity contribution in [2.45, 2.75) is 83.5 Å². The van der Waals surface area contributed by atoms with Gasteiger partial charge in [-0.1, -0.05) is 69.1 Å². The van der Waals surface area contributed by atoms with Crippen molar-refractivity contribution in [2.24, 2.45) is 11.7 Å². The fourth-order valence-electron chi connectivity index (χ4n) is 5.78. The maximum atomic E-state index is 14.3. The number of carbonyl (C=O) groups excluding carboxylic acids is 3. The minimum atomic E-state index is -1.49. The Balaban J connectivity index is 1.77. The molecule has 0 spiro atoms. The number of amides is 4. The van der Waals surface area contributed by atoms with Crippen molar-refractivity contribution >= 4 is 46.3 Å². The van der Waals surface area contributed by atoms with Crippen molar-refractivity contribution in [3.63, 3.8) is 0 Å². The molecule has 0 saturated carbocycles. The first-order valence-electron chi connectivity index (χ1n) is 14.6. The average Bonchev–Trinajstić information content (AvgIpc) is 3.33. The highest BCUT2D eigenvalue weighted by atomic mass is 35.5. The molecule has 0 fully saturated rings. The van der Waals surface area contributed by atoms with Gasteiger partial charge in [-0.3, -0.25) is 19.3 Å². The van der Waals surface area contributed by atoms with Crippen molar-refractivity contribution in [3.05, 3.63) is 70.4 Å². The molecule has 1 heterocycles. The van der Waals surface area contributed by atoms with Gasteiger partial charge in [0.05, 0.1) is 0 Å².